The smallest absolute Gasteiger partial charge is 0.266 e. The topological polar surface area (TPSA) is 78.0 Å². The van der Waals surface area contributed by atoms with Crippen LogP contribution in [0.15, 0.2) is 82.7 Å². The molecule has 4 aromatic rings. The molecule has 0 radical (unpaired) electrons. The third-order valence-electron chi connectivity index (χ3n) is 4.42. The quantitative estimate of drug-likeness (QED) is 0.382. The van der Waals surface area contributed by atoms with Crippen LogP contribution in [0.3, 0.4) is 0 Å². The Kier molecular flexibility index (Phi) is 5.38. The van der Waals surface area contributed by atoms with Crippen LogP contribution < -0.4 is 11.3 Å². The van der Waals surface area contributed by atoms with Crippen LogP contribution in [0.2, 0.25) is 5.02 Å². The standard InChI is InChI=1S/C22H16ClN3O2S/c23-16-4-3-5-17(12-16)26-21(28)18-6-1-2-7-19(18)25-22(26)29-13-14-8-10-15(11-9-14)20(24)27/h1-12H,13H2,(H2,24,27). The Morgan fingerprint density at radius 1 is 1.03 bits per heavy atom. The van der Waals surface area contributed by atoms with Crippen molar-refractivity contribution in [3.8, 4) is 5.69 Å². The second-order valence-electron chi connectivity index (χ2n) is 6.38. The molecule has 0 saturated carbocycles. The summed E-state index contributed by atoms with van der Waals surface area (Å²) < 4.78 is 1.58. The summed E-state index contributed by atoms with van der Waals surface area (Å²) in [6.07, 6.45) is 0. The Hall–Kier alpha value is -3.09. The van der Waals surface area contributed by atoms with Gasteiger partial charge < -0.3 is 5.73 Å². The van der Waals surface area contributed by atoms with E-state index < -0.39 is 5.91 Å². The number of benzene rings is 3. The molecule has 1 aromatic heterocycles. The van der Waals surface area contributed by atoms with Gasteiger partial charge in [-0.15, -0.1) is 0 Å². The minimum atomic E-state index is -0.463. The molecule has 5 nitrogen and oxygen atoms in total. The molecule has 144 valence electrons. The number of carbonyl (C=O) groups is 1. The van der Waals surface area contributed by atoms with Crippen molar-refractivity contribution in [2.24, 2.45) is 5.73 Å². The summed E-state index contributed by atoms with van der Waals surface area (Å²) in [4.78, 5) is 29.2. The van der Waals surface area contributed by atoms with Crippen LogP contribution in [-0.2, 0) is 5.75 Å². The molecule has 0 aliphatic heterocycles. The number of aromatic nitrogens is 2. The Bertz CT molecular complexity index is 1270. The molecule has 0 aliphatic rings. The van der Waals surface area contributed by atoms with Gasteiger partial charge in [0.25, 0.3) is 5.56 Å². The van der Waals surface area contributed by atoms with E-state index in [2.05, 4.69) is 0 Å². The van der Waals surface area contributed by atoms with E-state index in [1.807, 2.05) is 36.4 Å². The minimum absolute atomic E-state index is 0.149. The van der Waals surface area contributed by atoms with Crippen LogP contribution in [0.4, 0.5) is 0 Å². The monoisotopic (exact) mass is 421 g/mol. The van der Waals surface area contributed by atoms with E-state index in [1.54, 1.807) is 41.0 Å². The van der Waals surface area contributed by atoms with Crippen molar-refractivity contribution in [1.82, 2.24) is 9.55 Å². The van der Waals surface area contributed by atoms with Crippen LogP contribution >= 0.6 is 23.4 Å². The Balaban J connectivity index is 1.77. The van der Waals surface area contributed by atoms with Gasteiger partial charge in [-0.05, 0) is 48.0 Å². The van der Waals surface area contributed by atoms with Gasteiger partial charge in [-0.1, -0.05) is 53.7 Å². The Labute approximate surface area is 176 Å². The summed E-state index contributed by atoms with van der Waals surface area (Å²) in [7, 11) is 0. The maximum atomic E-state index is 13.2. The molecule has 1 amide bonds. The summed E-state index contributed by atoms with van der Waals surface area (Å²) in [5.74, 6) is 0.111. The number of amides is 1. The van der Waals surface area contributed by atoms with E-state index in [1.165, 1.54) is 11.8 Å². The van der Waals surface area contributed by atoms with Gasteiger partial charge in [0.2, 0.25) is 5.91 Å². The number of thioether (sulfide) groups is 1. The molecular weight excluding hydrogens is 406 g/mol. The first-order valence-electron chi connectivity index (χ1n) is 8.82. The first-order chi connectivity index (χ1) is 14.0. The van der Waals surface area contributed by atoms with Crippen molar-refractivity contribution in [3.63, 3.8) is 0 Å². The lowest BCUT2D eigenvalue weighted by atomic mass is 10.1. The van der Waals surface area contributed by atoms with Gasteiger partial charge in [-0.25, -0.2) is 4.98 Å². The number of hydrogen-bond donors (Lipinski definition) is 1. The highest BCUT2D eigenvalue weighted by Gasteiger charge is 2.14. The number of para-hydroxylation sites is 1. The number of nitrogens with two attached hydrogens (primary N) is 1. The van der Waals surface area contributed by atoms with Crippen LogP contribution in [0.5, 0.6) is 0 Å². The molecule has 7 heteroatoms. The average molecular weight is 422 g/mol. The minimum Gasteiger partial charge on any atom is -0.366 e. The largest absolute Gasteiger partial charge is 0.366 e. The number of carbonyl (C=O) groups excluding carboxylic acids is 1. The molecule has 0 fully saturated rings. The predicted molar refractivity (Wildman–Crippen MR) is 117 cm³/mol. The third-order valence-corrected chi connectivity index (χ3v) is 5.66. The zero-order valence-electron chi connectivity index (χ0n) is 15.2. The van der Waals surface area contributed by atoms with E-state index in [9.17, 15) is 9.59 Å². The van der Waals surface area contributed by atoms with Gasteiger partial charge in [0.1, 0.15) is 0 Å². The molecular formula is C22H16ClN3O2S. The van der Waals surface area contributed by atoms with Crippen molar-refractivity contribution in [2.75, 3.05) is 0 Å². The van der Waals surface area contributed by atoms with E-state index in [0.717, 1.165) is 5.56 Å². The van der Waals surface area contributed by atoms with Gasteiger partial charge in [0.15, 0.2) is 5.16 Å². The van der Waals surface area contributed by atoms with Gasteiger partial charge in [-0.2, -0.15) is 0 Å². The molecule has 29 heavy (non-hydrogen) atoms. The number of rotatable bonds is 5. The van der Waals surface area contributed by atoms with Crippen molar-refractivity contribution in [1.29, 1.82) is 0 Å². The molecule has 0 unspecified atom stereocenters. The molecule has 0 spiro atoms. The zero-order valence-corrected chi connectivity index (χ0v) is 16.8. The summed E-state index contributed by atoms with van der Waals surface area (Å²) in [6.45, 7) is 0. The second-order valence-corrected chi connectivity index (χ2v) is 7.76. The maximum absolute atomic E-state index is 13.2. The van der Waals surface area contributed by atoms with Gasteiger partial charge in [-0.3, -0.25) is 14.2 Å². The molecule has 0 bridgehead atoms. The highest BCUT2D eigenvalue weighted by atomic mass is 35.5. The van der Waals surface area contributed by atoms with Crippen molar-refractivity contribution < 1.29 is 4.79 Å². The molecule has 0 saturated heterocycles. The normalized spacial score (nSPS) is 10.9. The summed E-state index contributed by atoms with van der Waals surface area (Å²) >= 11 is 7.59. The molecule has 3 aromatic carbocycles. The Morgan fingerprint density at radius 2 is 1.79 bits per heavy atom. The third kappa shape index (κ3) is 4.04. The lowest BCUT2D eigenvalue weighted by Crippen LogP contribution is -2.21. The summed E-state index contributed by atoms with van der Waals surface area (Å²) in [6, 6.07) is 21.5. The average Bonchev–Trinajstić information content (AvgIpc) is 2.72. The fourth-order valence-corrected chi connectivity index (χ4v) is 4.12. The number of hydrogen-bond acceptors (Lipinski definition) is 4. The number of halogens is 1. The lowest BCUT2D eigenvalue weighted by Gasteiger charge is -2.13. The maximum Gasteiger partial charge on any atom is 0.266 e. The van der Waals surface area contributed by atoms with Gasteiger partial charge in [0.05, 0.1) is 16.6 Å². The van der Waals surface area contributed by atoms with Crippen molar-refractivity contribution in [3.05, 3.63) is 99.3 Å². The highest BCUT2D eigenvalue weighted by Crippen LogP contribution is 2.25. The van der Waals surface area contributed by atoms with E-state index >= 15 is 0 Å². The molecule has 2 N–H and O–H groups in total. The van der Waals surface area contributed by atoms with Gasteiger partial charge in [0, 0.05) is 16.3 Å². The zero-order chi connectivity index (χ0) is 20.4. The Morgan fingerprint density at radius 3 is 2.52 bits per heavy atom. The summed E-state index contributed by atoms with van der Waals surface area (Å²) in [5.41, 5.74) is 7.89. The fourth-order valence-electron chi connectivity index (χ4n) is 2.97. The predicted octanol–water partition coefficient (Wildman–Crippen LogP) is 4.43. The van der Waals surface area contributed by atoms with E-state index in [-0.39, 0.29) is 5.56 Å². The molecule has 1 heterocycles. The van der Waals surface area contributed by atoms with Crippen molar-refractivity contribution >= 4 is 40.2 Å². The molecule has 0 aliphatic carbocycles. The van der Waals surface area contributed by atoms with Crippen LogP contribution in [0, 0.1) is 0 Å². The second kappa shape index (κ2) is 8.11. The molecule has 0 atom stereocenters. The first kappa shape index (κ1) is 19.2. The van der Waals surface area contributed by atoms with E-state index in [4.69, 9.17) is 22.3 Å². The van der Waals surface area contributed by atoms with Crippen LogP contribution in [0.1, 0.15) is 15.9 Å². The van der Waals surface area contributed by atoms with Crippen LogP contribution in [0.25, 0.3) is 16.6 Å². The SMILES string of the molecule is NC(=O)c1ccc(CSc2nc3ccccc3c(=O)n2-c2cccc(Cl)c2)cc1. The number of nitrogens with zero attached hydrogens (tertiary/aromatic N) is 2. The first-order valence-corrected chi connectivity index (χ1v) is 10.2. The number of fused-ring (bicyclic) bond motifs is 1. The van der Waals surface area contributed by atoms with Crippen LogP contribution in [-0.4, -0.2) is 15.5 Å². The van der Waals surface area contributed by atoms with Crippen molar-refractivity contribution in [2.45, 2.75) is 10.9 Å². The fraction of sp³-hybridized carbons (Fsp3) is 0.0455. The van der Waals surface area contributed by atoms with Gasteiger partial charge >= 0.3 is 0 Å². The molecule has 4 rings (SSSR count). The number of primary amides is 1. The summed E-state index contributed by atoms with van der Waals surface area (Å²) in [5, 5.41) is 1.65. The lowest BCUT2D eigenvalue weighted by molar-refractivity contribution is 0.100. The van der Waals surface area contributed by atoms with E-state index in [0.29, 0.717) is 38.1 Å². The highest BCUT2D eigenvalue weighted by molar-refractivity contribution is 7.98.